The Morgan fingerprint density at radius 3 is 2.95 bits per heavy atom. The molecule has 19 heavy (non-hydrogen) atoms. The molecule has 0 radical (unpaired) electrons. The van der Waals surface area contributed by atoms with Crippen molar-refractivity contribution in [2.45, 2.75) is 33.3 Å². The molecule has 0 aliphatic heterocycles. The molecule has 0 atom stereocenters. The SMILES string of the molecule is COCc1cc(C(=O)NCC(C)(C)CCCO)no1. The van der Waals surface area contributed by atoms with Crippen molar-refractivity contribution in [3.05, 3.63) is 17.5 Å². The summed E-state index contributed by atoms with van der Waals surface area (Å²) in [6.07, 6.45) is 1.57. The summed E-state index contributed by atoms with van der Waals surface area (Å²) in [4.78, 5) is 11.9. The van der Waals surface area contributed by atoms with Crippen LogP contribution in [0.1, 0.15) is 42.9 Å². The molecule has 0 saturated heterocycles. The van der Waals surface area contributed by atoms with Crippen LogP contribution < -0.4 is 5.32 Å². The molecule has 1 heterocycles. The summed E-state index contributed by atoms with van der Waals surface area (Å²) in [6.45, 7) is 5.08. The van der Waals surface area contributed by atoms with E-state index in [1.807, 2.05) is 13.8 Å². The van der Waals surface area contributed by atoms with Gasteiger partial charge in [-0.3, -0.25) is 4.79 Å². The molecule has 0 unspecified atom stereocenters. The topological polar surface area (TPSA) is 84.6 Å². The lowest BCUT2D eigenvalue weighted by molar-refractivity contribution is 0.0923. The van der Waals surface area contributed by atoms with Gasteiger partial charge in [-0.1, -0.05) is 19.0 Å². The highest BCUT2D eigenvalue weighted by atomic mass is 16.5. The predicted molar refractivity (Wildman–Crippen MR) is 69.7 cm³/mol. The molecule has 1 rings (SSSR count). The van der Waals surface area contributed by atoms with Gasteiger partial charge in [0.15, 0.2) is 11.5 Å². The monoisotopic (exact) mass is 270 g/mol. The number of amides is 1. The Kier molecular flexibility index (Phi) is 5.98. The molecule has 0 saturated carbocycles. The molecular weight excluding hydrogens is 248 g/mol. The molecule has 2 N–H and O–H groups in total. The lowest BCUT2D eigenvalue weighted by Crippen LogP contribution is -2.34. The van der Waals surface area contributed by atoms with Crippen molar-refractivity contribution in [2.75, 3.05) is 20.3 Å². The number of nitrogens with one attached hydrogen (secondary N) is 1. The number of aliphatic hydroxyl groups excluding tert-OH is 1. The number of ether oxygens (including phenoxy) is 1. The molecule has 1 aromatic rings. The molecule has 6 nitrogen and oxygen atoms in total. The lowest BCUT2D eigenvalue weighted by Gasteiger charge is -2.24. The molecule has 0 spiro atoms. The molecule has 0 bridgehead atoms. The van der Waals surface area contributed by atoms with Crippen LogP contribution in [-0.4, -0.2) is 36.4 Å². The zero-order valence-electron chi connectivity index (χ0n) is 11.7. The van der Waals surface area contributed by atoms with E-state index >= 15 is 0 Å². The number of hydrogen-bond acceptors (Lipinski definition) is 5. The Bertz CT molecular complexity index is 401. The Balaban J connectivity index is 2.45. The molecule has 0 aliphatic carbocycles. The van der Waals surface area contributed by atoms with Gasteiger partial charge in [-0.25, -0.2) is 0 Å². The first-order chi connectivity index (χ1) is 8.98. The molecule has 0 fully saturated rings. The van der Waals surface area contributed by atoms with Crippen LogP contribution in [-0.2, 0) is 11.3 Å². The van der Waals surface area contributed by atoms with E-state index in [-0.39, 0.29) is 23.6 Å². The van der Waals surface area contributed by atoms with Crippen LogP contribution in [0.5, 0.6) is 0 Å². The van der Waals surface area contributed by atoms with Crippen molar-refractivity contribution in [1.29, 1.82) is 0 Å². The highest BCUT2D eigenvalue weighted by Crippen LogP contribution is 2.20. The van der Waals surface area contributed by atoms with E-state index < -0.39 is 0 Å². The fraction of sp³-hybridized carbons (Fsp3) is 0.692. The number of aromatic nitrogens is 1. The Morgan fingerprint density at radius 2 is 2.32 bits per heavy atom. The molecule has 6 heteroatoms. The highest BCUT2D eigenvalue weighted by molar-refractivity contribution is 5.92. The van der Waals surface area contributed by atoms with Crippen molar-refractivity contribution in [2.24, 2.45) is 5.41 Å². The van der Waals surface area contributed by atoms with Gasteiger partial charge < -0.3 is 19.7 Å². The second kappa shape index (κ2) is 7.25. The van der Waals surface area contributed by atoms with Gasteiger partial charge in [-0.15, -0.1) is 0 Å². The Labute approximate surface area is 113 Å². The maximum Gasteiger partial charge on any atom is 0.273 e. The van der Waals surface area contributed by atoms with E-state index in [2.05, 4.69) is 10.5 Å². The third-order valence-corrected chi connectivity index (χ3v) is 2.82. The maximum atomic E-state index is 11.9. The van der Waals surface area contributed by atoms with Gasteiger partial charge in [0.05, 0.1) is 0 Å². The number of rotatable bonds is 8. The minimum Gasteiger partial charge on any atom is -0.396 e. The van der Waals surface area contributed by atoms with Gasteiger partial charge in [0.1, 0.15) is 6.61 Å². The van der Waals surface area contributed by atoms with E-state index in [0.717, 1.165) is 12.8 Å². The fourth-order valence-electron chi connectivity index (χ4n) is 1.69. The van der Waals surface area contributed by atoms with E-state index in [4.69, 9.17) is 14.4 Å². The molecular formula is C13H22N2O4. The summed E-state index contributed by atoms with van der Waals surface area (Å²) < 4.78 is 9.84. The van der Waals surface area contributed by atoms with E-state index in [1.54, 1.807) is 13.2 Å². The molecule has 108 valence electrons. The van der Waals surface area contributed by atoms with Crippen molar-refractivity contribution >= 4 is 5.91 Å². The van der Waals surface area contributed by atoms with Gasteiger partial charge >= 0.3 is 0 Å². The maximum absolute atomic E-state index is 11.9. The zero-order valence-corrected chi connectivity index (χ0v) is 11.7. The standard InChI is InChI=1S/C13H22N2O4/c1-13(2,5-4-6-16)9-14-12(17)11-7-10(8-18-3)19-15-11/h7,16H,4-6,8-9H2,1-3H3,(H,14,17). The van der Waals surface area contributed by atoms with Crippen LogP contribution in [0, 0.1) is 5.41 Å². The minimum atomic E-state index is -0.261. The van der Waals surface area contributed by atoms with Crippen molar-refractivity contribution in [1.82, 2.24) is 10.5 Å². The Morgan fingerprint density at radius 1 is 1.58 bits per heavy atom. The Hall–Kier alpha value is -1.40. The normalized spacial score (nSPS) is 11.6. The van der Waals surface area contributed by atoms with Crippen LogP contribution >= 0.6 is 0 Å². The van der Waals surface area contributed by atoms with Gasteiger partial charge in [-0.2, -0.15) is 0 Å². The van der Waals surface area contributed by atoms with E-state index in [9.17, 15) is 4.79 Å². The first kappa shape index (κ1) is 15.7. The summed E-state index contributed by atoms with van der Waals surface area (Å²) in [7, 11) is 1.55. The number of methoxy groups -OCH3 is 1. The van der Waals surface area contributed by atoms with Crippen LogP contribution in [0.4, 0.5) is 0 Å². The van der Waals surface area contributed by atoms with Crippen molar-refractivity contribution in [3.63, 3.8) is 0 Å². The zero-order chi connectivity index (χ0) is 14.3. The average molecular weight is 270 g/mol. The summed E-state index contributed by atoms with van der Waals surface area (Å²) in [6, 6.07) is 1.57. The molecule has 1 aromatic heterocycles. The second-order valence-corrected chi connectivity index (χ2v) is 5.29. The van der Waals surface area contributed by atoms with Crippen molar-refractivity contribution < 1.29 is 19.2 Å². The van der Waals surface area contributed by atoms with E-state index in [1.165, 1.54) is 0 Å². The average Bonchev–Trinajstić information content (AvgIpc) is 2.83. The third-order valence-electron chi connectivity index (χ3n) is 2.82. The summed E-state index contributed by atoms with van der Waals surface area (Å²) in [5.74, 6) is 0.260. The first-order valence-corrected chi connectivity index (χ1v) is 6.32. The predicted octanol–water partition coefficient (Wildman–Crippen LogP) is 1.35. The van der Waals surface area contributed by atoms with Crippen LogP contribution in [0.25, 0.3) is 0 Å². The number of hydrogen-bond donors (Lipinski definition) is 2. The minimum absolute atomic E-state index is 0.0581. The summed E-state index contributed by atoms with van der Waals surface area (Å²) in [5, 5.41) is 15.3. The number of carbonyl (C=O) groups excluding carboxylic acids is 1. The second-order valence-electron chi connectivity index (χ2n) is 5.29. The molecule has 0 aliphatic rings. The summed E-state index contributed by atoms with van der Waals surface area (Å²) >= 11 is 0. The van der Waals surface area contributed by atoms with Gasteiger partial charge in [0.2, 0.25) is 0 Å². The molecule has 1 amide bonds. The van der Waals surface area contributed by atoms with Gasteiger partial charge in [0, 0.05) is 26.3 Å². The number of carbonyl (C=O) groups is 1. The third kappa shape index (κ3) is 5.40. The fourth-order valence-corrected chi connectivity index (χ4v) is 1.69. The van der Waals surface area contributed by atoms with Crippen LogP contribution in [0.3, 0.4) is 0 Å². The first-order valence-electron chi connectivity index (χ1n) is 6.32. The largest absolute Gasteiger partial charge is 0.396 e. The van der Waals surface area contributed by atoms with Crippen LogP contribution in [0.2, 0.25) is 0 Å². The van der Waals surface area contributed by atoms with Gasteiger partial charge in [-0.05, 0) is 18.3 Å². The van der Waals surface area contributed by atoms with Crippen LogP contribution in [0.15, 0.2) is 10.6 Å². The summed E-state index contributed by atoms with van der Waals surface area (Å²) in [5.41, 5.74) is 0.197. The van der Waals surface area contributed by atoms with E-state index in [0.29, 0.717) is 18.9 Å². The van der Waals surface area contributed by atoms with Gasteiger partial charge in [0.25, 0.3) is 5.91 Å². The number of aliphatic hydroxyl groups is 1. The van der Waals surface area contributed by atoms with Crippen molar-refractivity contribution in [3.8, 4) is 0 Å². The quantitative estimate of drug-likeness (QED) is 0.745. The molecule has 0 aromatic carbocycles. The smallest absolute Gasteiger partial charge is 0.273 e. The lowest BCUT2D eigenvalue weighted by atomic mass is 9.88. The number of nitrogens with zero attached hydrogens (tertiary/aromatic N) is 1. The highest BCUT2D eigenvalue weighted by Gasteiger charge is 2.20.